The van der Waals surface area contributed by atoms with Crippen molar-refractivity contribution in [2.45, 2.75) is 11.8 Å². The summed E-state index contributed by atoms with van der Waals surface area (Å²) in [6.45, 7) is 1.96. The molecule has 0 saturated carbocycles. The normalized spacial score (nSPS) is 11.2. The molecule has 0 aliphatic carbocycles. The highest BCUT2D eigenvalue weighted by molar-refractivity contribution is 7.92. The van der Waals surface area contributed by atoms with Crippen molar-refractivity contribution in [3.05, 3.63) is 48.4 Å². The third-order valence-corrected chi connectivity index (χ3v) is 4.88. The van der Waals surface area contributed by atoms with Gasteiger partial charge in [-0.15, -0.1) is 0 Å². The van der Waals surface area contributed by atoms with Gasteiger partial charge in [-0.05, 0) is 37.3 Å². The van der Waals surface area contributed by atoms with Crippen LogP contribution >= 0.6 is 0 Å². The van der Waals surface area contributed by atoms with E-state index in [1.165, 1.54) is 46.9 Å². The number of halogens is 1. The molecule has 112 valence electrons. The molecule has 2 aromatic rings. The van der Waals surface area contributed by atoms with Crippen molar-refractivity contribution in [1.82, 2.24) is 4.98 Å². The van der Waals surface area contributed by atoms with E-state index in [0.717, 1.165) is 0 Å². The van der Waals surface area contributed by atoms with Crippen molar-refractivity contribution in [2.24, 2.45) is 0 Å². The summed E-state index contributed by atoms with van der Waals surface area (Å²) in [4.78, 5) is 4.13. The summed E-state index contributed by atoms with van der Waals surface area (Å²) < 4.78 is 39.6. The fraction of sp³-hybridized carbons (Fsp3) is 0.214. The molecule has 0 atom stereocenters. The molecule has 2 rings (SSSR count). The van der Waals surface area contributed by atoms with Gasteiger partial charge in [-0.2, -0.15) is 0 Å². The number of hydrogen-bond acceptors (Lipinski definition) is 4. The molecular weight excluding hydrogens is 293 g/mol. The molecule has 7 heteroatoms. The lowest BCUT2D eigenvalue weighted by Crippen LogP contribution is -2.30. The van der Waals surface area contributed by atoms with Crippen molar-refractivity contribution in [3.8, 4) is 0 Å². The second-order valence-corrected chi connectivity index (χ2v) is 6.14. The van der Waals surface area contributed by atoms with Crippen LogP contribution in [0.15, 0.2) is 47.5 Å². The minimum atomic E-state index is -3.72. The zero-order valence-electron chi connectivity index (χ0n) is 11.7. The lowest BCUT2D eigenvalue weighted by Gasteiger charge is -2.23. The number of sulfonamides is 1. The van der Waals surface area contributed by atoms with E-state index in [-0.39, 0.29) is 11.4 Å². The largest absolute Gasteiger partial charge is 0.373 e. The Morgan fingerprint density at radius 2 is 1.90 bits per heavy atom. The van der Waals surface area contributed by atoms with E-state index in [2.05, 4.69) is 10.3 Å². The van der Waals surface area contributed by atoms with E-state index in [9.17, 15) is 12.8 Å². The molecule has 1 aromatic heterocycles. The Kier molecular flexibility index (Phi) is 4.42. The van der Waals surface area contributed by atoms with Crippen LogP contribution in [0.3, 0.4) is 0 Å². The van der Waals surface area contributed by atoms with Gasteiger partial charge in [0.2, 0.25) is 0 Å². The first-order chi connectivity index (χ1) is 9.98. The van der Waals surface area contributed by atoms with Gasteiger partial charge in [0.15, 0.2) is 0 Å². The second kappa shape index (κ2) is 6.09. The number of anilines is 2. The number of benzene rings is 1. The number of pyridine rings is 1. The summed E-state index contributed by atoms with van der Waals surface area (Å²) in [5.41, 5.74) is 0.418. The molecule has 0 spiro atoms. The summed E-state index contributed by atoms with van der Waals surface area (Å²) in [7, 11) is -2.06. The van der Waals surface area contributed by atoms with Gasteiger partial charge in [0.1, 0.15) is 11.6 Å². The number of nitrogens with zero attached hydrogens (tertiary/aromatic N) is 2. The molecule has 1 N–H and O–H groups in total. The number of rotatable bonds is 5. The molecule has 0 amide bonds. The van der Waals surface area contributed by atoms with E-state index >= 15 is 0 Å². The monoisotopic (exact) mass is 309 g/mol. The van der Waals surface area contributed by atoms with E-state index in [1.54, 1.807) is 14.0 Å². The Balaban J connectivity index is 2.46. The van der Waals surface area contributed by atoms with Gasteiger partial charge < -0.3 is 5.32 Å². The Hall–Kier alpha value is -2.15. The molecule has 5 nitrogen and oxygen atoms in total. The summed E-state index contributed by atoms with van der Waals surface area (Å²) >= 11 is 0. The molecule has 0 radical (unpaired) electrons. The second-order valence-electron chi connectivity index (χ2n) is 4.27. The fourth-order valence-electron chi connectivity index (χ4n) is 1.93. The highest BCUT2D eigenvalue weighted by Crippen LogP contribution is 2.24. The van der Waals surface area contributed by atoms with Crippen molar-refractivity contribution in [2.75, 3.05) is 23.2 Å². The average molecular weight is 309 g/mol. The third kappa shape index (κ3) is 3.13. The van der Waals surface area contributed by atoms with Crippen molar-refractivity contribution < 1.29 is 12.8 Å². The zero-order valence-corrected chi connectivity index (χ0v) is 12.6. The molecule has 0 saturated heterocycles. The maximum absolute atomic E-state index is 13.0. The molecule has 21 heavy (non-hydrogen) atoms. The van der Waals surface area contributed by atoms with Crippen LogP contribution in [0, 0.1) is 5.82 Å². The van der Waals surface area contributed by atoms with Crippen molar-refractivity contribution in [1.29, 1.82) is 0 Å². The first-order valence-electron chi connectivity index (χ1n) is 6.41. The Labute approximate surface area is 123 Å². The summed E-state index contributed by atoms with van der Waals surface area (Å²) in [5, 5.41) is 2.80. The molecule has 0 aliphatic rings. The average Bonchev–Trinajstić information content (AvgIpc) is 2.50. The Bertz CT molecular complexity index is 717. The standard InChI is InChI=1S/C14H16FN3O2S/c1-3-18(12-6-4-11(15)5-7-12)21(19,20)13-8-9-17-14(10-13)16-2/h4-10H,3H2,1-2H3,(H,16,17). The first kappa shape index (κ1) is 15.2. The Morgan fingerprint density at radius 3 is 2.48 bits per heavy atom. The van der Waals surface area contributed by atoms with Crippen LogP contribution in [0.25, 0.3) is 0 Å². The minimum Gasteiger partial charge on any atom is -0.373 e. The molecular formula is C14H16FN3O2S. The van der Waals surface area contributed by atoms with Gasteiger partial charge in [-0.1, -0.05) is 0 Å². The summed E-state index contributed by atoms with van der Waals surface area (Å²) in [6.07, 6.45) is 1.43. The molecule has 1 heterocycles. The smallest absolute Gasteiger partial charge is 0.264 e. The quantitative estimate of drug-likeness (QED) is 0.921. The van der Waals surface area contributed by atoms with E-state index < -0.39 is 15.8 Å². The van der Waals surface area contributed by atoms with E-state index in [4.69, 9.17) is 0 Å². The first-order valence-corrected chi connectivity index (χ1v) is 7.85. The SMILES string of the molecule is CCN(c1ccc(F)cc1)S(=O)(=O)c1ccnc(NC)c1. The van der Waals surface area contributed by atoms with Crippen LogP contribution in [0.1, 0.15) is 6.92 Å². The maximum atomic E-state index is 13.0. The Morgan fingerprint density at radius 1 is 1.24 bits per heavy atom. The predicted molar refractivity (Wildman–Crippen MR) is 80.4 cm³/mol. The van der Waals surface area contributed by atoms with Gasteiger partial charge in [0.05, 0.1) is 10.6 Å². The highest BCUT2D eigenvalue weighted by atomic mass is 32.2. The van der Waals surface area contributed by atoms with Crippen molar-refractivity contribution in [3.63, 3.8) is 0 Å². The lowest BCUT2D eigenvalue weighted by atomic mass is 10.3. The van der Waals surface area contributed by atoms with Gasteiger partial charge >= 0.3 is 0 Å². The molecule has 0 aliphatic heterocycles. The molecule has 0 unspecified atom stereocenters. The predicted octanol–water partition coefficient (Wildman–Crippen LogP) is 2.48. The summed E-state index contributed by atoms with van der Waals surface area (Å²) in [6, 6.07) is 8.25. The van der Waals surface area contributed by atoms with Crippen LogP contribution in [0.5, 0.6) is 0 Å². The van der Waals surface area contributed by atoms with Crippen LogP contribution < -0.4 is 9.62 Å². The van der Waals surface area contributed by atoms with E-state index in [1.807, 2.05) is 0 Å². The fourth-order valence-corrected chi connectivity index (χ4v) is 3.42. The van der Waals surface area contributed by atoms with Gasteiger partial charge in [-0.25, -0.2) is 17.8 Å². The molecule has 1 aromatic carbocycles. The van der Waals surface area contributed by atoms with Gasteiger partial charge in [0, 0.05) is 25.9 Å². The third-order valence-electron chi connectivity index (χ3n) is 2.98. The zero-order chi connectivity index (χ0) is 15.5. The number of nitrogens with one attached hydrogen (secondary N) is 1. The van der Waals surface area contributed by atoms with Crippen LogP contribution in [0.4, 0.5) is 15.9 Å². The van der Waals surface area contributed by atoms with Gasteiger partial charge in [-0.3, -0.25) is 4.31 Å². The highest BCUT2D eigenvalue weighted by Gasteiger charge is 2.24. The van der Waals surface area contributed by atoms with E-state index in [0.29, 0.717) is 11.5 Å². The summed E-state index contributed by atoms with van der Waals surface area (Å²) in [5.74, 6) is 0.0554. The molecule has 0 bridgehead atoms. The lowest BCUT2D eigenvalue weighted by molar-refractivity contribution is 0.591. The van der Waals surface area contributed by atoms with Crippen LogP contribution in [-0.2, 0) is 10.0 Å². The molecule has 0 fully saturated rings. The van der Waals surface area contributed by atoms with Crippen LogP contribution in [0.2, 0.25) is 0 Å². The minimum absolute atomic E-state index is 0.132. The topological polar surface area (TPSA) is 62.3 Å². The van der Waals surface area contributed by atoms with Crippen LogP contribution in [-0.4, -0.2) is 27.0 Å². The number of hydrogen-bond donors (Lipinski definition) is 1. The van der Waals surface area contributed by atoms with Gasteiger partial charge in [0.25, 0.3) is 10.0 Å². The maximum Gasteiger partial charge on any atom is 0.264 e. The number of aromatic nitrogens is 1. The van der Waals surface area contributed by atoms with Crippen molar-refractivity contribution >= 4 is 21.5 Å².